The largest absolute Gasteiger partial charge is 0.490 e. The van der Waals surface area contributed by atoms with Crippen LogP contribution in [0.2, 0.25) is 5.02 Å². The van der Waals surface area contributed by atoms with E-state index in [-0.39, 0.29) is 5.91 Å². The Labute approximate surface area is 216 Å². The number of pyridine rings is 1. The number of carbonyl (C=O) groups is 1. The van der Waals surface area contributed by atoms with E-state index in [0.717, 1.165) is 45.0 Å². The number of benzene rings is 2. The predicted molar refractivity (Wildman–Crippen MR) is 142 cm³/mol. The number of hydrogen-bond donors (Lipinski definition) is 0. The molecule has 184 valence electrons. The lowest BCUT2D eigenvalue weighted by molar-refractivity contribution is 0.0740. The van der Waals surface area contributed by atoms with Gasteiger partial charge in [0.2, 0.25) is 0 Å². The number of aromatic nitrogens is 3. The number of hydrogen-bond acceptors (Lipinski definition) is 4. The summed E-state index contributed by atoms with van der Waals surface area (Å²) in [7, 11) is 0. The molecule has 1 amide bonds. The zero-order valence-corrected chi connectivity index (χ0v) is 21.8. The fourth-order valence-corrected chi connectivity index (χ4v) is 5.00. The maximum Gasteiger partial charge on any atom is 0.258 e. The number of aryl methyl sites for hydroxylation is 4. The third-order valence-electron chi connectivity index (χ3n) is 6.54. The van der Waals surface area contributed by atoms with Crippen molar-refractivity contribution in [1.82, 2.24) is 19.4 Å². The van der Waals surface area contributed by atoms with E-state index in [0.29, 0.717) is 42.6 Å². The van der Waals surface area contributed by atoms with Crippen molar-refractivity contribution in [3.63, 3.8) is 0 Å². The van der Waals surface area contributed by atoms with Crippen molar-refractivity contribution < 1.29 is 9.53 Å². The van der Waals surface area contributed by atoms with E-state index >= 15 is 0 Å². The summed E-state index contributed by atoms with van der Waals surface area (Å²) < 4.78 is 8.35. The molecule has 0 saturated heterocycles. The van der Waals surface area contributed by atoms with Crippen LogP contribution in [0.4, 0.5) is 0 Å². The zero-order chi connectivity index (χ0) is 25.4. The zero-order valence-electron chi connectivity index (χ0n) is 21.0. The number of amides is 1. The third kappa shape index (κ3) is 4.86. The fraction of sp³-hybridized carbons (Fsp3) is 0.276. The number of ether oxygens (including phenoxy) is 1. The normalized spacial score (nSPS) is 13.4. The summed E-state index contributed by atoms with van der Waals surface area (Å²) >= 11 is 6.39. The highest BCUT2D eigenvalue weighted by atomic mass is 35.5. The number of carbonyl (C=O) groups excluding carboxylic acids is 1. The molecule has 1 aliphatic heterocycles. The van der Waals surface area contributed by atoms with Crippen molar-refractivity contribution in [2.24, 2.45) is 0 Å². The second-order valence-corrected chi connectivity index (χ2v) is 9.87. The van der Waals surface area contributed by atoms with Gasteiger partial charge < -0.3 is 14.2 Å². The van der Waals surface area contributed by atoms with E-state index in [9.17, 15) is 4.79 Å². The van der Waals surface area contributed by atoms with Gasteiger partial charge in [-0.25, -0.2) is 4.98 Å². The van der Waals surface area contributed by atoms with Gasteiger partial charge in [-0.15, -0.1) is 0 Å². The predicted octanol–water partition coefficient (Wildman–Crippen LogP) is 5.92. The first-order valence-corrected chi connectivity index (χ1v) is 12.4. The highest BCUT2D eigenvalue weighted by Crippen LogP contribution is 2.39. The van der Waals surface area contributed by atoms with Gasteiger partial charge in [0.05, 0.1) is 24.3 Å². The topological polar surface area (TPSA) is 60.3 Å². The van der Waals surface area contributed by atoms with E-state index in [1.54, 1.807) is 6.20 Å². The Kier molecular flexibility index (Phi) is 6.54. The Balaban J connectivity index is 1.61. The van der Waals surface area contributed by atoms with Crippen LogP contribution in [-0.2, 0) is 13.1 Å². The molecule has 1 aliphatic rings. The Morgan fingerprint density at radius 2 is 1.78 bits per heavy atom. The van der Waals surface area contributed by atoms with E-state index in [1.807, 2.05) is 75.2 Å². The minimum Gasteiger partial charge on any atom is -0.490 e. The second kappa shape index (κ2) is 9.78. The summed E-state index contributed by atoms with van der Waals surface area (Å²) in [5, 5.41) is 0.641. The van der Waals surface area contributed by atoms with Crippen molar-refractivity contribution in [2.75, 3.05) is 13.2 Å². The minimum atomic E-state index is -0.0615. The number of fused-ring (bicyclic) bond motifs is 1. The number of imidazole rings is 1. The molecule has 0 fully saturated rings. The van der Waals surface area contributed by atoms with Crippen molar-refractivity contribution >= 4 is 17.5 Å². The van der Waals surface area contributed by atoms with Crippen LogP contribution in [0.3, 0.4) is 0 Å². The fourth-order valence-electron chi connectivity index (χ4n) is 4.83. The van der Waals surface area contributed by atoms with Crippen LogP contribution >= 0.6 is 11.6 Å². The van der Waals surface area contributed by atoms with Crippen molar-refractivity contribution in [3.05, 3.63) is 99.3 Å². The van der Waals surface area contributed by atoms with Crippen LogP contribution in [0, 0.1) is 27.7 Å². The molecular weight excluding hydrogens is 472 g/mol. The summed E-state index contributed by atoms with van der Waals surface area (Å²) in [6.07, 6.45) is 3.73. The number of nitrogens with zero attached hydrogens (tertiary/aromatic N) is 4. The second-order valence-electron chi connectivity index (χ2n) is 9.43. The SMILES string of the molecule is Cc1cc(C)nc(CN2CCOc3c(cc(Cn4ccnc4C)cc3-c3cc(Cl)ccc3C)C2=O)c1. The van der Waals surface area contributed by atoms with E-state index in [1.165, 1.54) is 0 Å². The lowest BCUT2D eigenvalue weighted by atomic mass is 9.94. The Hall–Kier alpha value is -3.64. The van der Waals surface area contributed by atoms with Gasteiger partial charge in [0, 0.05) is 35.2 Å². The average Bonchev–Trinajstić information content (AvgIpc) is 3.16. The standard InChI is InChI=1S/C29H29ClN4O2/c1-18-11-20(3)32-24(12-18)17-34-9-10-36-28-26(25-15-23(30)6-5-19(25)2)13-22(14-27(28)29(34)35)16-33-8-7-31-21(33)4/h5-8,11-15H,9-10,16-17H2,1-4H3. The van der Waals surface area contributed by atoms with Gasteiger partial charge in [0.25, 0.3) is 5.91 Å². The Morgan fingerprint density at radius 1 is 0.972 bits per heavy atom. The summed E-state index contributed by atoms with van der Waals surface area (Å²) in [4.78, 5) is 24.8. The quantitative estimate of drug-likeness (QED) is 0.341. The van der Waals surface area contributed by atoms with Gasteiger partial charge in [0.15, 0.2) is 0 Å². The minimum absolute atomic E-state index is 0.0615. The smallest absolute Gasteiger partial charge is 0.258 e. The third-order valence-corrected chi connectivity index (χ3v) is 6.78. The molecule has 5 rings (SSSR count). The van der Waals surface area contributed by atoms with E-state index in [4.69, 9.17) is 16.3 Å². The molecule has 0 N–H and O–H groups in total. The molecule has 0 bridgehead atoms. The summed E-state index contributed by atoms with van der Waals surface area (Å²) in [6, 6.07) is 13.9. The molecular formula is C29H29ClN4O2. The van der Waals surface area contributed by atoms with Crippen molar-refractivity contribution in [3.8, 4) is 16.9 Å². The molecule has 3 heterocycles. The summed E-state index contributed by atoms with van der Waals surface area (Å²) in [6.45, 7) is 9.94. The van der Waals surface area contributed by atoms with Crippen LogP contribution in [0.5, 0.6) is 5.75 Å². The molecule has 4 aromatic rings. The molecule has 0 saturated carbocycles. The van der Waals surface area contributed by atoms with Gasteiger partial charge in [-0.2, -0.15) is 0 Å². The summed E-state index contributed by atoms with van der Waals surface area (Å²) in [5.74, 6) is 1.46. The highest BCUT2D eigenvalue weighted by molar-refractivity contribution is 6.31. The summed E-state index contributed by atoms with van der Waals surface area (Å²) in [5.41, 5.74) is 7.40. The van der Waals surface area contributed by atoms with Crippen molar-refractivity contribution in [2.45, 2.75) is 40.8 Å². The molecule has 0 spiro atoms. The highest BCUT2D eigenvalue weighted by Gasteiger charge is 2.28. The van der Waals surface area contributed by atoms with Crippen LogP contribution in [-0.4, -0.2) is 38.5 Å². The first-order valence-electron chi connectivity index (χ1n) is 12.1. The Morgan fingerprint density at radius 3 is 2.53 bits per heavy atom. The van der Waals surface area contributed by atoms with E-state index < -0.39 is 0 Å². The van der Waals surface area contributed by atoms with Gasteiger partial charge in [-0.05, 0) is 86.3 Å². The van der Waals surface area contributed by atoms with Gasteiger partial charge in [-0.3, -0.25) is 9.78 Å². The van der Waals surface area contributed by atoms with Crippen LogP contribution < -0.4 is 4.74 Å². The first-order chi connectivity index (χ1) is 17.3. The number of halogens is 1. The lowest BCUT2D eigenvalue weighted by Crippen LogP contribution is -2.32. The molecule has 6 nitrogen and oxygen atoms in total. The number of rotatable bonds is 5. The Bertz CT molecular complexity index is 1440. The maximum atomic E-state index is 13.9. The molecule has 36 heavy (non-hydrogen) atoms. The lowest BCUT2D eigenvalue weighted by Gasteiger charge is -2.21. The van der Waals surface area contributed by atoms with Gasteiger partial charge >= 0.3 is 0 Å². The monoisotopic (exact) mass is 500 g/mol. The molecule has 0 aliphatic carbocycles. The van der Waals surface area contributed by atoms with Crippen LogP contribution in [0.1, 0.15) is 44.3 Å². The molecule has 0 atom stereocenters. The van der Waals surface area contributed by atoms with Crippen molar-refractivity contribution in [1.29, 1.82) is 0 Å². The molecule has 0 radical (unpaired) electrons. The molecule has 2 aromatic heterocycles. The van der Waals surface area contributed by atoms with E-state index in [2.05, 4.69) is 20.6 Å². The molecule has 2 aromatic carbocycles. The van der Waals surface area contributed by atoms with Crippen LogP contribution in [0.25, 0.3) is 11.1 Å². The maximum absolute atomic E-state index is 13.9. The van der Waals surface area contributed by atoms with Gasteiger partial charge in [0.1, 0.15) is 18.2 Å². The molecule has 0 unspecified atom stereocenters. The average molecular weight is 501 g/mol. The van der Waals surface area contributed by atoms with Crippen LogP contribution in [0.15, 0.2) is 54.9 Å². The van der Waals surface area contributed by atoms with Gasteiger partial charge in [-0.1, -0.05) is 17.7 Å². The molecule has 7 heteroatoms. The first kappa shape index (κ1) is 24.1.